The fourth-order valence-electron chi connectivity index (χ4n) is 17.7. The molecule has 0 spiro atoms. The van der Waals surface area contributed by atoms with Gasteiger partial charge in [-0.2, -0.15) is 0 Å². The number of aromatic nitrogens is 2. The normalized spacial score (nSPS) is 14.1. The van der Waals surface area contributed by atoms with E-state index in [0.29, 0.717) is 0 Å². The van der Waals surface area contributed by atoms with Crippen molar-refractivity contribution in [2.75, 3.05) is 9.80 Å². The van der Waals surface area contributed by atoms with Crippen molar-refractivity contribution in [1.29, 1.82) is 0 Å². The fraction of sp³-hybridized carbons (Fsp3) is 0.152. The smallest absolute Gasteiger partial charge is 0.0641 e. The summed E-state index contributed by atoms with van der Waals surface area (Å²) in [6.07, 6.45) is 0. The van der Waals surface area contributed by atoms with Crippen LogP contribution >= 0.6 is 0 Å². The van der Waals surface area contributed by atoms with Crippen molar-refractivity contribution in [2.45, 2.75) is 90.9 Å². The van der Waals surface area contributed by atoms with E-state index < -0.39 is 0 Å². The lowest BCUT2D eigenvalue weighted by Gasteiger charge is -2.34. The average molecular weight is 1240 g/mol. The average Bonchev–Trinajstić information content (AvgIpc) is 1.51. The van der Waals surface area contributed by atoms with Gasteiger partial charge in [0.2, 0.25) is 0 Å². The predicted molar refractivity (Wildman–Crippen MR) is 409 cm³/mol. The molecular weight excluding hydrogens is 1160 g/mol. The van der Waals surface area contributed by atoms with Crippen LogP contribution < -0.4 is 9.80 Å². The largest absolute Gasteiger partial charge is 0.309 e. The maximum Gasteiger partial charge on any atom is 0.0641 e. The SMILES string of the molecule is CC(C)(C)c1ccc2c(c1)c1c(N(c3ccccc3-c3ccccc3)c3cccc4c3C(C)(C)c3ccccc3-4)ccc3c4cc5c(cc4n2c31)c1ccc(N(c2ccccc2-c2ccccc2)c2cccc3c2C(C)(C)c2ccccc2-3)c2c3cc(C(C)(C)C)ccc3n5c12. The van der Waals surface area contributed by atoms with E-state index in [1.807, 2.05) is 0 Å². The number of nitrogens with zero attached hydrogens (tertiary/aromatic N) is 4. The standard InChI is InChI=1S/C92H74N4/c1-89(2,3)57-43-47-75-69(51-57)83-77(93(73-39-23-19-31-59(73)55-27-13-11-14-28-55)79-41-25-35-63-61-33-17-21-37-71(61)91(7,8)85(63)79)49-45-65-67-54-82-68(53-81(67)95(75)87(65)83)66-46-50-78(84-70-52-58(90(4,5)6)44-48-76(70)96(82)88(66)84)94(74-40-24-20-32-60(74)56-29-15-12-16-30-56)80-42-26-36-64-62-34-18-22-38-72(62)92(9,10)86(64)80/h11-54H,1-10H3. The molecule has 4 heterocycles. The van der Waals surface area contributed by atoms with Crippen LogP contribution in [0.15, 0.2) is 267 Å². The lowest BCUT2D eigenvalue weighted by molar-refractivity contribution is 0.591. The van der Waals surface area contributed by atoms with Crippen molar-refractivity contribution >= 4 is 110 Å². The summed E-state index contributed by atoms with van der Waals surface area (Å²) in [6.45, 7) is 23.8. The molecule has 0 atom stereocenters. The number of benzene rings is 13. The molecule has 0 amide bonds. The molecule has 2 aliphatic rings. The Morgan fingerprint density at radius 3 is 1.03 bits per heavy atom. The monoisotopic (exact) mass is 1230 g/mol. The molecule has 462 valence electrons. The maximum absolute atomic E-state index is 2.64. The van der Waals surface area contributed by atoms with Crippen molar-refractivity contribution in [3.05, 3.63) is 300 Å². The molecule has 0 unspecified atom stereocenters. The molecule has 0 N–H and O–H groups in total. The van der Waals surface area contributed by atoms with E-state index in [9.17, 15) is 0 Å². The highest BCUT2D eigenvalue weighted by Crippen LogP contribution is 2.60. The van der Waals surface area contributed by atoms with Crippen molar-refractivity contribution in [1.82, 2.24) is 8.80 Å². The summed E-state index contributed by atoms with van der Waals surface area (Å²) in [4.78, 5) is 5.27. The molecule has 4 nitrogen and oxygen atoms in total. The molecule has 0 radical (unpaired) electrons. The van der Waals surface area contributed by atoms with E-state index in [1.165, 1.54) is 165 Å². The Bertz CT molecular complexity index is 5720. The van der Waals surface area contributed by atoms with E-state index in [0.717, 1.165) is 22.7 Å². The van der Waals surface area contributed by atoms with Crippen molar-refractivity contribution in [3.63, 3.8) is 0 Å². The van der Waals surface area contributed by atoms with Crippen LogP contribution in [0.4, 0.5) is 34.1 Å². The molecule has 0 aliphatic heterocycles. The van der Waals surface area contributed by atoms with Crippen LogP contribution in [0, 0.1) is 0 Å². The molecular formula is C92H74N4. The van der Waals surface area contributed by atoms with Gasteiger partial charge in [0, 0.05) is 65.0 Å². The summed E-state index contributed by atoms with van der Waals surface area (Å²) in [5.41, 5.74) is 31.5. The van der Waals surface area contributed by atoms with Crippen LogP contribution in [0.3, 0.4) is 0 Å². The second kappa shape index (κ2) is 19.8. The van der Waals surface area contributed by atoms with Crippen molar-refractivity contribution in [2.24, 2.45) is 0 Å². The molecule has 0 saturated heterocycles. The highest BCUT2D eigenvalue weighted by atomic mass is 15.2. The number of para-hydroxylation sites is 2. The lowest BCUT2D eigenvalue weighted by Crippen LogP contribution is -2.21. The molecule has 96 heavy (non-hydrogen) atoms. The third kappa shape index (κ3) is 7.73. The number of fused-ring (bicyclic) bond motifs is 18. The van der Waals surface area contributed by atoms with Gasteiger partial charge < -0.3 is 18.6 Å². The third-order valence-electron chi connectivity index (χ3n) is 22.2. The molecule has 4 heteroatoms. The molecule has 2 aliphatic carbocycles. The van der Waals surface area contributed by atoms with Gasteiger partial charge in [0.15, 0.2) is 0 Å². The lowest BCUT2D eigenvalue weighted by atomic mass is 9.81. The molecule has 4 aromatic heterocycles. The Labute approximate surface area is 561 Å². The van der Waals surface area contributed by atoms with Crippen LogP contribution in [-0.4, -0.2) is 8.80 Å². The molecule has 0 saturated carbocycles. The Balaban J connectivity index is 0.921. The van der Waals surface area contributed by atoms with Crippen molar-refractivity contribution < 1.29 is 0 Å². The Morgan fingerprint density at radius 2 is 0.625 bits per heavy atom. The summed E-state index contributed by atoms with van der Waals surface area (Å²) in [5, 5.41) is 9.98. The van der Waals surface area contributed by atoms with Gasteiger partial charge in [-0.15, -0.1) is 0 Å². The maximum atomic E-state index is 2.64. The fourth-order valence-corrected chi connectivity index (χ4v) is 17.7. The number of anilines is 6. The number of hydrogen-bond acceptors (Lipinski definition) is 2. The molecule has 17 aromatic rings. The summed E-state index contributed by atoms with van der Waals surface area (Å²) in [5.74, 6) is 0. The van der Waals surface area contributed by atoms with Crippen LogP contribution in [-0.2, 0) is 21.7 Å². The van der Waals surface area contributed by atoms with E-state index in [1.54, 1.807) is 0 Å². The summed E-state index contributed by atoms with van der Waals surface area (Å²) in [6, 6.07) is 102. The first-order valence-corrected chi connectivity index (χ1v) is 34.3. The second-order valence-electron chi connectivity index (χ2n) is 30.4. The predicted octanol–water partition coefficient (Wildman–Crippen LogP) is 25.5. The van der Waals surface area contributed by atoms with Gasteiger partial charge in [0.1, 0.15) is 0 Å². The zero-order valence-electron chi connectivity index (χ0n) is 56.2. The van der Waals surface area contributed by atoms with Gasteiger partial charge in [-0.05, 0) is 150 Å². The Morgan fingerprint density at radius 1 is 0.271 bits per heavy atom. The quantitative estimate of drug-likeness (QED) is 0.151. The second-order valence-corrected chi connectivity index (χ2v) is 30.4. The van der Waals surface area contributed by atoms with E-state index in [4.69, 9.17) is 0 Å². The van der Waals surface area contributed by atoms with Gasteiger partial charge in [-0.25, -0.2) is 0 Å². The Kier molecular flexibility index (Phi) is 11.7. The molecule has 19 rings (SSSR count). The summed E-state index contributed by atoms with van der Waals surface area (Å²) in [7, 11) is 0. The highest BCUT2D eigenvalue weighted by molar-refractivity contribution is 6.32. The highest BCUT2D eigenvalue weighted by Gasteiger charge is 2.42. The first-order valence-electron chi connectivity index (χ1n) is 34.3. The molecule has 0 fully saturated rings. The first-order chi connectivity index (χ1) is 46.5. The van der Waals surface area contributed by atoms with Crippen molar-refractivity contribution in [3.8, 4) is 44.5 Å². The Hall–Kier alpha value is -10.9. The van der Waals surface area contributed by atoms with E-state index >= 15 is 0 Å². The third-order valence-corrected chi connectivity index (χ3v) is 22.2. The number of rotatable bonds is 8. The minimum atomic E-state index is -0.283. The molecule has 13 aromatic carbocycles. The summed E-state index contributed by atoms with van der Waals surface area (Å²) >= 11 is 0. The minimum absolute atomic E-state index is 0.0960. The minimum Gasteiger partial charge on any atom is -0.309 e. The zero-order valence-corrected chi connectivity index (χ0v) is 56.2. The number of hydrogen-bond donors (Lipinski definition) is 0. The van der Waals surface area contributed by atoms with Crippen LogP contribution in [0.2, 0.25) is 0 Å². The van der Waals surface area contributed by atoms with E-state index in [2.05, 4.69) is 355 Å². The first kappa shape index (κ1) is 56.6. The van der Waals surface area contributed by atoms with Gasteiger partial charge in [-0.3, -0.25) is 0 Å². The summed E-state index contributed by atoms with van der Waals surface area (Å²) < 4.78 is 5.26. The zero-order chi connectivity index (χ0) is 65.1. The van der Waals surface area contributed by atoms with Crippen LogP contribution in [0.1, 0.15) is 103 Å². The van der Waals surface area contributed by atoms with Gasteiger partial charge >= 0.3 is 0 Å². The van der Waals surface area contributed by atoms with Crippen LogP contribution in [0.25, 0.3) is 121 Å². The van der Waals surface area contributed by atoms with Gasteiger partial charge in [-0.1, -0.05) is 263 Å². The van der Waals surface area contributed by atoms with Crippen LogP contribution in [0.5, 0.6) is 0 Å². The van der Waals surface area contributed by atoms with Gasteiger partial charge in [0.25, 0.3) is 0 Å². The van der Waals surface area contributed by atoms with E-state index in [-0.39, 0.29) is 21.7 Å². The van der Waals surface area contributed by atoms with Gasteiger partial charge in [0.05, 0.1) is 67.2 Å². The molecule has 0 bridgehead atoms. The topological polar surface area (TPSA) is 15.3 Å².